The van der Waals surface area contributed by atoms with E-state index >= 15 is 0 Å². The zero-order valence-corrected chi connectivity index (χ0v) is 18.8. The Labute approximate surface area is 195 Å². The quantitative estimate of drug-likeness (QED) is 0.472. The zero-order valence-electron chi connectivity index (χ0n) is 18.8. The van der Waals surface area contributed by atoms with Gasteiger partial charge < -0.3 is 29.4 Å². The number of nitrogens with zero attached hydrogens (tertiary/aromatic N) is 6. The van der Waals surface area contributed by atoms with Crippen LogP contribution in [-0.2, 0) is 0 Å². The molecule has 0 radical (unpaired) electrons. The third kappa shape index (κ3) is 3.91. The minimum atomic E-state index is -0.0593. The Kier molecular flexibility index (Phi) is 5.58. The Bertz CT molecular complexity index is 1330. The lowest BCUT2D eigenvalue weighted by Gasteiger charge is -2.35. The van der Waals surface area contributed by atoms with Crippen LogP contribution in [0.5, 0.6) is 11.5 Å². The number of furan rings is 1. The Balaban J connectivity index is 1.45. The number of nitrogens with two attached hydrogens (primary N) is 1. The number of amides is 1. The number of benzene rings is 1. The summed E-state index contributed by atoms with van der Waals surface area (Å²) in [6.45, 7) is 2.19. The first-order chi connectivity index (χ1) is 16.6. The maximum atomic E-state index is 12.6. The molecule has 1 amide bonds. The Morgan fingerprint density at radius 3 is 2.53 bits per heavy atom. The first-order valence-corrected chi connectivity index (χ1v) is 10.7. The molecule has 0 bridgehead atoms. The molecule has 3 aromatic heterocycles. The SMILES string of the molecule is COc1ccc(-c2cnc3nc(N)nc(N4CCN(C(=O)c5ccoc5)CC4)c3n2)cc1OC. The molecule has 1 saturated heterocycles. The van der Waals surface area contributed by atoms with Crippen molar-refractivity contribution in [1.82, 2.24) is 24.8 Å². The van der Waals surface area contributed by atoms with E-state index in [4.69, 9.17) is 24.6 Å². The van der Waals surface area contributed by atoms with Crippen molar-refractivity contribution in [1.29, 1.82) is 0 Å². The van der Waals surface area contributed by atoms with Gasteiger partial charge in [0, 0.05) is 31.7 Å². The fourth-order valence-corrected chi connectivity index (χ4v) is 3.95. The van der Waals surface area contributed by atoms with Crippen molar-refractivity contribution in [2.75, 3.05) is 51.0 Å². The minimum absolute atomic E-state index is 0.0593. The highest BCUT2D eigenvalue weighted by Crippen LogP contribution is 2.32. The van der Waals surface area contributed by atoms with Gasteiger partial charge in [0.05, 0.1) is 37.9 Å². The van der Waals surface area contributed by atoms with Gasteiger partial charge in [0.1, 0.15) is 6.26 Å². The van der Waals surface area contributed by atoms with Crippen molar-refractivity contribution in [2.45, 2.75) is 0 Å². The number of hydrogen-bond acceptors (Lipinski definition) is 10. The third-order valence-electron chi connectivity index (χ3n) is 5.72. The molecule has 0 saturated carbocycles. The van der Waals surface area contributed by atoms with Gasteiger partial charge in [-0.15, -0.1) is 0 Å². The molecule has 4 heterocycles. The van der Waals surface area contributed by atoms with Crippen LogP contribution in [0.4, 0.5) is 11.8 Å². The summed E-state index contributed by atoms with van der Waals surface area (Å²) in [6.07, 6.45) is 4.59. The van der Waals surface area contributed by atoms with E-state index in [9.17, 15) is 4.79 Å². The van der Waals surface area contributed by atoms with Crippen LogP contribution in [0.25, 0.3) is 22.4 Å². The highest BCUT2D eigenvalue weighted by molar-refractivity contribution is 5.94. The number of rotatable bonds is 5. The first-order valence-electron chi connectivity index (χ1n) is 10.7. The van der Waals surface area contributed by atoms with E-state index < -0.39 is 0 Å². The summed E-state index contributed by atoms with van der Waals surface area (Å²) >= 11 is 0. The van der Waals surface area contributed by atoms with Gasteiger partial charge in [0.15, 0.2) is 28.5 Å². The number of hydrogen-bond donors (Lipinski definition) is 1. The lowest BCUT2D eigenvalue weighted by atomic mass is 10.1. The van der Waals surface area contributed by atoms with E-state index in [1.54, 1.807) is 31.4 Å². The normalized spacial score (nSPS) is 13.8. The van der Waals surface area contributed by atoms with E-state index in [1.165, 1.54) is 12.5 Å². The van der Waals surface area contributed by atoms with E-state index in [0.29, 0.717) is 65.9 Å². The Morgan fingerprint density at radius 1 is 1.03 bits per heavy atom. The number of carbonyl (C=O) groups excluding carboxylic acids is 1. The van der Waals surface area contributed by atoms with E-state index in [0.717, 1.165) is 5.56 Å². The first kappa shape index (κ1) is 21.4. The zero-order chi connectivity index (χ0) is 23.7. The number of carbonyl (C=O) groups is 1. The van der Waals surface area contributed by atoms with Gasteiger partial charge in [-0.05, 0) is 24.3 Å². The van der Waals surface area contributed by atoms with E-state index in [2.05, 4.69) is 15.0 Å². The van der Waals surface area contributed by atoms with Crippen LogP contribution in [0, 0.1) is 0 Å². The summed E-state index contributed by atoms with van der Waals surface area (Å²) in [5, 5.41) is 0. The molecule has 2 N–H and O–H groups in total. The van der Waals surface area contributed by atoms with Crippen molar-refractivity contribution in [3.05, 3.63) is 48.6 Å². The molecule has 11 heteroatoms. The molecule has 0 unspecified atom stereocenters. The summed E-state index contributed by atoms with van der Waals surface area (Å²) in [6, 6.07) is 7.21. The molecule has 0 aliphatic carbocycles. The molecule has 5 rings (SSSR count). The molecular weight excluding hydrogens is 438 g/mol. The predicted octanol–water partition coefficient (Wildman–Crippen LogP) is 2.24. The van der Waals surface area contributed by atoms with Gasteiger partial charge in [-0.1, -0.05) is 0 Å². The summed E-state index contributed by atoms with van der Waals surface area (Å²) in [4.78, 5) is 34.5. The fourth-order valence-electron chi connectivity index (χ4n) is 3.95. The van der Waals surface area contributed by atoms with Crippen LogP contribution >= 0.6 is 0 Å². The summed E-state index contributed by atoms with van der Waals surface area (Å²) in [5.74, 6) is 1.87. The fraction of sp³-hybridized carbons (Fsp3) is 0.261. The van der Waals surface area contributed by atoms with Crippen LogP contribution in [0.3, 0.4) is 0 Å². The molecule has 4 aromatic rings. The number of nitrogen functional groups attached to an aromatic ring is 1. The number of fused-ring (bicyclic) bond motifs is 1. The molecule has 174 valence electrons. The van der Waals surface area contributed by atoms with Gasteiger partial charge in [0.2, 0.25) is 5.95 Å². The highest BCUT2D eigenvalue weighted by atomic mass is 16.5. The van der Waals surface area contributed by atoms with Gasteiger partial charge >= 0.3 is 0 Å². The summed E-state index contributed by atoms with van der Waals surface area (Å²) < 4.78 is 15.8. The van der Waals surface area contributed by atoms with Crippen LogP contribution in [0.1, 0.15) is 10.4 Å². The summed E-state index contributed by atoms with van der Waals surface area (Å²) in [7, 11) is 3.17. The van der Waals surface area contributed by atoms with Crippen molar-refractivity contribution in [3.8, 4) is 22.8 Å². The Hall–Kier alpha value is -4.41. The molecule has 11 nitrogen and oxygen atoms in total. The topological polar surface area (TPSA) is 133 Å². The lowest BCUT2D eigenvalue weighted by molar-refractivity contribution is 0.0746. The van der Waals surface area contributed by atoms with Gasteiger partial charge in [-0.3, -0.25) is 4.79 Å². The second kappa shape index (κ2) is 8.85. The van der Waals surface area contributed by atoms with Crippen molar-refractivity contribution in [2.24, 2.45) is 0 Å². The smallest absolute Gasteiger partial charge is 0.257 e. The summed E-state index contributed by atoms with van der Waals surface area (Å²) in [5.41, 5.74) is 8.90. The molecule has 34 heavy (non-hydrogen) atoms. The number of ether oxygens (including phenoxy) is 2. The molecule has 1 fully saturated rings. The van der Waals surface area contributed by atoms with Crippen molar-refractivity contribution < 1.29 is 18.7 Å². The van der Waals surface area contributed by atoms with Gasteiger partial charge in [0.25, 0.3) is 5.91 Å². The second-order valence-electron chi connectivity index (χ2n) is 7.69. The Morgan fingerprint density at radius 2 is 1.82 bits per heavy atom. The number of anilines is 2. The largest absolute Gasteiger partial charge is 0.493 e. The number of methoxy groups -OCH3 is 2. The van der Waals surface area contributed by atoms with E-state index in [-0.39, 0.29) is 11.9 Å². The standard InChI is InChI=1S/C23H23N7O4/c1-32-17-4-3-14(11-18(17)33-2)16-12-25-20-19(26-16)21(28-23(24)27-20)29-6-8-30(9-7-29)22(31)15-5-10-34-13-15/h3-5,10-13H,6-9H2,1-2H3,(H2,24,25,27,28). The maximum Gasteiger partial charge on any atom is 0.257 e. The highest BCUT2D eigenvalue weighted by Gasteiger charge is 2.26. The molecule has 0 spiro atoms. The van der Waals surface area contributed by atoms with Crippen LogP contribution in [0.15, 0.2) is 47.4 Å². The van der Waals surface area contributed by atoms with E-state index in [1.807, 2.05) is 23.1 Å². The van der Waals surface area contributed by atoms with Crippen molar-refractivity contribution in [3.63, 3.8) is 0 Å². The van der Waals surface area contributed by atoms with Crippen molar-refractivity contribution >= 4 is 28.8 Å². The van der Waals surface area contributed by atoms with Crippen LogP contribution in [0.2, 0.25) is 0 Å². The minimum Gasteiger partial charge on any atom is -0.493 e. The van der Waals surface area contributed by atoms with Gasteiger partial charge in [-0.2, -0.15) is 9.97 Å². The molecule has 1 aromatic carbocycles. The number of aromatic nitrogens is 4. The average molecular weight is 461 g/mol. The maximum absolute atomic E-state index is 12.6. The van der Waals surface area contributed by atoms with Crippen LogP contribution < -0.4 is 20.1 Å². The monoisotopic (exact) mass is 461 g/mol. The molecule has 1 aliphatic heterocycles. The second-order valence-corrected chi connectivity index (χ2v) is 7.69. The third-order valence-corrected chi connectivity index (χ3v) is 5.72. The lowest BCUT2D eigenvalue weighted by Crippen LogP contribution is -2.49. The average Bonchev–Trinajstić information content (AvgIpc) is 3.42. The van der Waals surface area contributed by atoms with Gasteiger partial charge in [-0.25, -0.2) is 9.97 Å². The molecular formula is C23H23N7O4. The predicted molar refractivity (Wildman–Crippen MR) is 125 cm³/mol. The number of piperazine rings is 1. The molecule has 0 atom stereocenters. The van der Waals surface area contributed by atoms with Crippen LogP contribution in [-0.4, -0.2) is 71.1 Å². The molecule has 1 aliphatic rings.